The SMILES string of the molecule is CC(O)(CN=C(N)NC1CCCCCC1)c1ccc(F)cc1F. The molecule has 1 fully saturated rings. The Kier molecular flexibility index (Phi) is 5.93. The maximum Gasteiger partial charge on any atom is 0.188 e. The van der Waals surface area contributed by atoms with Gasteiger partial charge in [-0.25, -0.2) is 8.78 Å². The lowest BCUT2D eigenvalue weighted by atomic mass is 9.95. The second-order valence-electron chi connectivity index (χ2n) is 6.43. The smallest absolute Gasteiger partial charge is 0.188 e. The third-order valence-corrected chi connectivity index (χ3v) is 4.28. The fourth-order valence-corrected chi connectivity index (χ4v) is 2.93. The van der Waals surface area contributed by atoms with Crippen molar-refractivity contribution in [3.8, 4) is 0 Å². The standard InChI is InChI=1S/C17H25F2N3O/c1-17(23,14-9-8-12(18)10-15(14)19)11-21-16(20)22-13-6-4-2-3-5-7-13/h8-10,13,23H,2-7,11H2,1H3,(H3,20,21,22). The summed E-state index contributed by atoms with van der Waals surface area (Å²) in [7, 11) is 0. The molecular formula is C17H25F2N3O. The monoisotopic (exact) mass is 325 g/mol. The van der Waals surface area contributed by atoms with Gasteiger partial charge in [0.2, 0.25) is 0 Å². The molecule has 1 aliphatic carbocycles. The molecule has 0 spiro atoms. The van der Waals surface area contributed by atoms with E-state index in [9.17, 15) is 13.9 Å². The lowest BCUT2D eigenvalue weighted by molar-refractivity contribution is 0.0632. The van der Waals surface area contributed by atoms with Crippen LogP contribution in [0.25, 0.3) is 0 Å². The zero-order valence-corrected chi connectivity index (χ0v) is 13.5. The summed E-state index contributed by atoms with van der Waals surface area (Å²) in [5.41, 5.74) is 4.33. The van der Waals surface area contributed by atoms with Crippen molar-refractivity contribution in [3.63, 3.8) is 0 Å². The van der Waals surface area contributed by atoms with Crippen LogP contribution >= 0.6 is 0 Å². The first-order chi connectivity index (χ1) is 10.9. The fourth-order valence-electron chi connectivity index (χ4n) is 2.93. The summed E-state index contributed by atoms with van der Waals surface area (Å²) >= 11 is 0. The van der Waals surface area contributed by atoms with Gasteiger partial charge < -0.3 is 16.2 Å². The number of nitrogens with one attached hydrogen (secondary N) is 1. The molecule has 1 aromatic rings. The molecule has 1 unspecified atom stereocenters. The predicted octanol–water partition coefficient (Wildman–Crippen LogP) is 2.80. The summed E-state index contributed by atoms with van der Waals surface area (Å²) in [6.07, 6.45) is 6.94. The molecule has 0 aliphatic heterocycles. The minimum absolute atomic E-state index is 0.00455. The molecule has 2 rings (SSSR count). The van der Waals surface area contributed by atoms with Gasteiger partial charge in [0.05, 0.1) is 6.54 Å². The predicted molar refractivity (Wildman–Crippen MR) is 87.0 cm³/mol. The van der Waals surface area contributed by atoms with Crippen LogP contribution in [-0.2, 0) is 5.60 Å². The summed E-state index contributed by atoms with van der Waals surface area (Å²) in [5, 5.41) is 13.6. The van der Waals surface area contributed by atoms with E-state index >= 15 is 0 Å². The third-order valence-electron chi connectivity index (χ3n) is 4.28. The van der Waals surface area contributed by atoms with Crippen molar-refractivity contribution in [3.05, 3.63) is 35.4 Å². The second kappa shape index (κ2) is 7.73. The average Bonchev–Trinajstić information content (AvgIpc) is 2.73. The van der Waals surface area contributed by atoms with E-state index in [1.54, 1.807) is 0 Å². The largest absolute Gasteiger partial charge is 0.383 e. The first-order valence-electron chi connectivity index (χ1n) is 8.13. The number of hydrogen-bond donors (Lipinski definition) is 3. The van der Waals surface area contributed by atoms with Crippen LogP contribution in [0.15, 0.2) is 23.2 Å². The summed E-state index contributed by atoms with van der Waals surface area (Å²) in [5.74, 6) is -1.22. The summed E-state index contributed by atoms with van der Waals surface area (Å²) in [6, 6.07) is 3.40. The van der Waals surface area contributed by atoms with Crippen molar-refractivity contribution in [2.45, 2.75) is 57.1 Å². The highest BCUT2D eigenvalue weighted by Gasteiger charge is 2.27. The van der Waals surface area contributed by atoms with E-state index in [-0.39, 0.29) is 18.1 Å². The number of rotatable bonds is 4. The van der Waals surface area contributed by atoms with Crippen molar-refractivity contribution in [2.24, 2.45) is 10.7 Å². The van der Waals surface area contributed by atoms with Crippen molar-refractivity contribution in [1.82, 2.24) is 5.32 Å². The molecule has 0 saturated heterocycles. The lowest BCUT2D eigenvalue weighted by Gasteiger charge is -2.23. The minimum atomic E-state index is -1.55. The minimum Gasteiger partial charge on any atom is -0.383 e. The molecule has 23 heavy (non-hydrogen) atoms. The van der Waals surface area contributed by atoms with Gasteiger partial charge in [-0.15, -0.1) is 0 Å². The number of hydrogen-bond acceptors (Lipinski definition) is 2. The Balaban J connectivity index is 1.98. The number of aliphatic imine (C=N–C) groups is 1. The zero-order valence-electron chi connectivity index (χ0n) is 13.5. The highest BCUT2D eigenvalue weighted by atomic mass is 19.1. The van der Waals surface area contributed by atoms with E-state index in [1.165, 1.54) is 38.7 Å². The van der Waals surface area contributed by atoms with E-state index in [0.29, 0.717) is 6.04 Å². The fraction of sp³-hybridized carbons (Fsp3) is 0.588. The molecular weight excluding hydrogens is 300 g/mol. The van der Waals surface area contributed by atoms with E-state index in [2.05, 4.69) is 10.3 Å². The van der Waals surface area contributed by atoms with Gasteiger partial charge in [0.15, 0.2) is 5.96 Å². The van der Waals surface area contributed by atoms with Gasteiger partial charge in [-0.05, 0) is 25.8 Å². The van der Waals surface area contributed by atoms with Crippen LogP contribution in [0.4, 0.5) is 8.78 Å². The van der Waals surface area contributed by atoms with Crippen LogP contribution in [0.2, 0.25) is 0 Å². The number of benzene rings is 1. The van der Waals surface area contributed by atoms with Gasteiger partial charge >= 0.3 is 0 Å². The van der Waals surface area contributed by atoms with E-state index in [4.69, 9.17) is 5.73 Å². The van der Waals surface area contributed by atoms with Crippen molar-refractivity contribution < 1.29 is 13.9 Å². The molecule has 1 aliphatic rings. The van der Waals surface area contributed by atoms with Crippen molar-refractivity contribution >= 4 is 5.96 Å². The molecule has 128 valence electrons. The van der Waals surface area contributed by atoms with Gasteiger partial charge in [-0.1, -0.05) is 31.7 Å². The Morgan fingerprint density at radius 2 is 1.96 bits per heavy atom. The number of halogens is 2. The second-order valence-corrected chi connectivity index (χ2v) is 6.43. The lowest BCUT2D eigenvalue weighted by Crippen LogP contribution is -2.41. The highest BCUT2D eigenvalue weighted by Crippen LogP contribution is 2.24. The highest BCUT2D eigenvalue weighted by molar-refractivity contribution is 5.78. The Bertz CT molecular complexity index is 553. The number of nitrogens with two attached hydrogens (primary N) is 1. The first-order valence-corrected chi connectivity index (χ1v) is 8.13. The van der Waals surface area contributed by atoms with Crippen LogP contribution in [0.1, 0.15) is 51.0 Å². The molecule has 0 radical (unpaired) electrons. The van der Waals surface area contributed by atoms with Gasteiger partial charge in [-0.2, -0.15) is 0 Å². The molecule has 6 heteroatoms. The number of nitrogens with zero attached hydrogens (tertiary/aromatic N) is 1. The van der Waals surface area contributed by atoms with E-state index in [0.717, 1.165) is 25.0 Å². The first kappa shape index (κ1) is 17.7. The van der Waals surface area contributed by atoms with Crippen LogP contribution in [0.3, 0.4) is 0 Å². The van der Waals surface area contributed by atoms with Gasteiger partial charge in [-0.3, -0.25) is 4.99 Å². The van der Waals surface area contributed by atoms with Gasteiger partial charge in [0.25, 0.3) is 0 Å². The van der Waals surface area contributed by atoms with Crippen LogP contribution < -0.4 is 11.1 Å². The summed E-state index contributed by atoms with van der Waals surface area (Å²) in [4.78, 5) is 4.13. The normalized spacial score (nSPS) is 19.9. The molecule has 1 saturated carbocycles. The summed E-state index contributed by atoms with van der Waals surface area (Å²) in [6.45, 7) is 1.34. The van der Waals surface area contributed by atoms with Crippen LogP contribution in [-0.4, -0.2) is 23.7 Å². The molecule has 0 heterocycles. The molecule has 1 aromatic carbocycles. The topological polar surface area (TPSA) is 70.6 Å². The van der Waals surface area contributed by atoms with Crippen LogP contribution in [0.5, 0.6) is 0 Å². The third kappa shape index (κ3) is 5.16. The molecule has 4 N–H and O–H groups in total. The van der Waals surface area contributed by atoms with Crippen LogP contribution in [0, 0.1) is 11.6 Å². The van der Waals surface area contributed by atoms with Crippen molar-refractivity contribution in [2.75, 3.05) is 6.54 Å². The maximum atomic E-state index is 13.8. The Hall–Kier alpha value is -1.69. The Morgan fingerprint density at radius 1 is 1.30 bits per heavy atom. The molecule has 0 bridgehead atoms. The quantitative estimate of drug-likeness (QED) is 0.453. The van der Waals surface area contributed by atoms with Gasteiger partial charge in [0, 0.05) is 17.7 Å². The average molecular weight is 325 g/mol. The number of guanidine groups is 1. The van der Waals surface area contributed by atoms with Crippen molar-refractivity contribution in [1.29, 1.82) is 0 Å². The number of aliphatic hydroxyl groups is 1. The van der Waals surface area contributed by atoms with E-state index in [1.807, 2.05) is 0 Å². The molecule has 0 aromatic heterocycles. The molecule has 1 atom stereocenters. The van der Waals surface area contributed by atoms with Gasteiger partial charge in [0.1, 0.15) is 17.2 Å². The zero-order chi connectivity index (χ0) is 16.9. The van der Waals surface area contributed by atoms with E-state index < -0.39 is 17.2 Å². The Labute approximate surface area is 135 Å². The molecule has 0 amide bonds. The molecule has 4 nitrogen and oxygen atoms in total. The Morgan fingerprint density at radius 3 is 2.57 bits per heavy atom. The maximum absolute atomic E-state index is 13.8. The summed E-state index contributed by atoms with van der Waals surface area (Å²) < 4.78 is 26.8.